The Morgan fingerprint density at radius 3 is 2.41 bits per heavy atom. The summed E-state index contributed by atoms with van der Waals surface area (Å²) in [4.78, 5) is 0. The predicted molar refractivity (Wildman–Crippen MR) is 58.2 cm³/mol. The predicted octanol–water partition coefficient (Wildman–Crippen LogP) is 2.52. The van der Waals surface area contributed by atoms with E-state index in [4.69, 9.17) is 5.26 Å². The Hall–Kier alpha value is -1.54. The standard InChI is InChI=1S/C12H13F3N2/c13-12(14,15)11(8-16)9-17-7-6-10-4-2-1-3-5-10/h1-5,11,17H,6-7,9H2. The van der Waals surface area contributed by atoms with Crippen LogP contribution in [0, 0.1) is 17.2 Å². The molecule has 0 aromatic heterocycles. The van der Waals surface area contributed by atoms with Gasteiger partial charge in [0.2, 0.25) is 0 Å². The molecule has 1 aromatic rings. The highest BCUT2D eigenvalue weighted by Gasteiger charge is 2.39. The lowest BCUT2D eigenvalue weighted by Gasteiger charge is -2.13. The molecular weight excluding hydrogens is 229 g/mol. The molecule has 92 valence electrons. The lowest BCUT2D eigenvalue weighted by molar-refractivity contribution is -0.157. The van der Waals surface area contributed by atoms with Crippen molar-refractivity contribution in [3.05, 3.63) is 35.9 Å². The van der Waals surface area contributed by atoms with Crippen LogP contribution in [0.15, 0.2) is 30.3 Å². The summed E-state index contributed by atoms with van der Waals surface area (Å²) < 4.78 is 36.6. The molecule has 0 spiro atoms. The monoisotopic (exact) mass is 242 g/mol. The van der Waals surface area contributed by atoms with E-state index < -0.39 is 12.1 Å². The number of halogens is 3. The van der Waals surface area contributed by atoms with E-state index >= 15 is 0 Å². The minimum atomic E-state index is -4.45. The lowest BCUT2D eigenvalue weighted by atomic mass is 10.1. The van der Waals surface area contributed by atoms with Gasteiger partial charge in [-0.15, -0.1) is 0 Å². The third-order valence-electron chi connectivity index (χ3n) is 2.33. The summed E-state index contributed by atoms with van der Waals surface area (Å²) in [5.41, 5.74) is 1.06. The van der Waals surface area contributed by atoms with E-state index in [9.17, 15) is 13.2 Å². The number of benzene rings is 1. The fraction of sp³-hybridized carbons (Fsp3) is 0.417. The maximum Gasteiger partial charge on any atom is 0.405 e. The minimum absolute atomic E-state index is 0.354. The first-order chi connectivity index (χ1) is 8.04. The number of alkyl halides is 3. The van der Waals surface area contributed by atoms with Crippen molar-refractivity contribution in [1.29, 1.82) is 5.26 Å². The quantitative estimate of drug-likeness (QED) is 0.805. The fourth-order valence-electron chi connectivity index (χ4n) is 1.36. The minimum Gasteiger partial charge on any atom is -0.315 e. The molecule has 1 N–H and O–H groups in total. The van der Waals surface area contributed by atoms with Crippen molar-refractivity contribution in [3.8, 4) is 6.07 Å². The summed E-state index contributed by atoms with van der Waals surface area (Å²) in [6.45, 7) is 0.0745. The zero-order valence-corrected chi connectivity index (χ0v) is 9.17. The van der Waals surface area contributed by atoms with E-state index in [0.717, 1.165) is 5.56 Å². The van der Waals surface area contributed by atoms with Crippen LogP contribution in [0.1, 0.15) is 5.56 Å². The average molecular weight is 242 g/mol. The molecule has 0 aliphatic rings. The van der Waals surface area contributed by atoms with E-state index in [2.05, 4.69) is 5.32 Å². The van der Waals surface area contributed by atoms with Crippen LogP contribution in [-0.4, -0.2) is 19.3 Å². The van der Waals surface area contributed by atoms with Gasteiger partial charge in [-0.1, -0.05) is 30.3 Å². The molecule has 0 aliphatic carbocycles. The highest BCUT2D eigenvalue weighted by atomic mass is 19.4. The molecule has 0 saturated heterocycles. The molecule has 0 fully saturated rings. The van der Waals surface area contributed by atoms with E-state index in [1.807, 2.05) is 30.3 Å². The molecule has 17 heavy (non-hydrogen) atoms. The van der Waals surface area contributed by atoms with Gasteiger partial charge in [0.15, 0.2) is 5.92 Å². The Morgan fingerprint density at radius 2 is 1.88 bits per heavy atom. The molecule has 0 radical (unpaired) electrons. The Labute approximate surface area is 98.1 Å². The van der Waals surface area contributed by atoms with Crippen LogP contribution in [0.2, 0.25) is 0 Å². The van der Waals surface area contributed by atoms with E-state index in [-0.39, 0.29) is 6.54 Å². The molecule has 1 rings (SSSR count). The van der Waals surface area contributed by atoms with Crippen LogP contribution >= 0.6 is 0 Å². The zero-order valence-electron chi connectivity index (χ0n) is 9.17. The first-order valence-corrected chi connectivity index (χ1v) is 5.25. The second-order valence-electron chi connectivity index (χ2n) is 3.66. The molecule has 1 atom stereocenters. The number of nitrogens with one attached hydrogen (secondary N) is 1. The highest BCUT2D eigenvalue weighted by molar-refractivity contribution is 5.14. The molecule has 1 aromatic carbocycles. The summed E-state index contributed by atoms with van der Waals surface area (Å²) in [6.07, 6.45) is -3.80. The van der Waals surface area contributed by atoms with Crippen molar-refractivity contribution in [2.24, 2.45) is 5.92 Å². The Bertz CT molecular complexity index is 368. The van der Waals surface area contributed by atoms with Crippen molar-refractivity contribution in [2.45, 2.75) is 12.6 Å². The summed E-state index contributed by atoms with van der Waals surface area (Å²) in [5.74, 6) is -1.93. The molecule has 0 bridgehead atoms. The molecule has 1 unspecified atom stereocenters. The van der Waals surface area contributed by atoms with Gasteiger partial charge in [0, 0.05) is 6.54 Å². The van der Waals surface area contributed by atoms with Gasteiger partial charge < -0.3 is 5.32 Å². The van der Waals surface area contributed by atoms with Gasteiger partial charge in [-0.3, -0.25) is 0 Å². The Morgan fingerprint density at radius 1 is 1.24 bits per heavy atom. The van der Waals surface area contributed by atoms with Gasteiger partial charge in [-0.25, -0.2) is 0 Å². The summed E-state index contributed by atoms with van der Waals surface area (Å²) in [7, 11) is 0. The highest BCUT2D eigenvalue weighted by Crippen LogP contribution is 2.24. The van der Waals surface area contributed by atoms with Gasteiger partial charge in [0.05, 0.1) is 6.07 Å². The summed E-state index contributed by atoms with van der Waals surface area (Å²) >= 11 is 0. The number of hydrogen-bond donors (Lipinski definition) is 1. The number of nitrogens with zero attached hydrogens (tertiary/aromatic N) is 1. The van der Waals surface area contributed by atoms with Crippen molar-refractivity contribution in [2.75, 3.05) is 13.1 Å². The van der Waals surface area contributed by atoms with E-state index in [1.54, 1.807) is 0 Å². The summed E-state index contributed by atoms with van der Waals surface area (Å²) in [5, 5.41) is 11.0. The van der Waals surface area contributed by atoms with E-state index in [0.29, 0.717) is 13.0 Å². The van der Waals surface area contributed by atoms with Gasteiger partial charge in [-0.2, -0.15) is 18.4 Å². The molecule has 2 nitrogen and oxygen atoms in total. The van der Waals surface area contributed by atoms with Crippen LogP contribution in [0.25, 0.3) is 0 Å². The lowest BCUT2D eigenvalue weighted by Crippen LogP contribution is -2.33. The van der Waals surface area contributed by atoms with Crippen LogP contribution in [0.4, 0.5) is 13.2 Å². The molecule has 5 heteroatoms. The second kappa shape index (κ2) is 6.26. The smallest absolute Gasteiger partial charge is 0.315 e. The van der Waals surface area contributed by atoms with Gasteiger partial charge in [0.25, 0.3) is 0 Å². The van der Waals surface area contributed by atoms with Crippen molar-refractivity contribution in [1.82, 2.24) is 5.32 Å². The van der Waals surface area contributed by atoms with Crippen molar-refractivity contribution in [3.63, 3.8) is 0 Å². The second-order valence-corrected chi connectivity index (χ2v) is 3.66. The van der Waals surface area contributed by atoms with Crippen LogP contribution in [-0.2, 0) is 6.42 Å². The Balaban J connectivity index is 2.27. The van der Waals surface area contributed by atoms with Crippen LogP contribution < -0.4 is 5.32 Å². The van der Waals surface area contributed by atoms with Crippen molar-refractivity contribution < 1.29 is 13.2 Å². The topological polar surface area (TPSA) is 35.8 Å². The zero-order chi connectivity index (χ0) is 12.7. The first-order valence-electron chi connectivity index (χ1n) is 5.25. The van der Waals surface area contributed by atoms with Gasteiger partial charge >= 0.3 is 6.18 Å². The van der Waals surface area contributed by atoms with Crippen LogP contribution in [0.5, 0.6) is 0 Å². The molecule has 0 aliphatic heterocycles. The van der Waals surface area contributed by atoms with Crippen LogP contribution in [0.3, 0.4) is 0 Å². The third-order valence-corrected chi connectivity index (χ3v) is 2.33. The molecular formula is C12H13F3N2. The largest absolute Gasteiger partial charge is 0.405 e. The normalized spacial score (nSPS) is 13.1. The Kier molecular flexibility index (Phi) is 4.98. The third kappa shape index (κ3) is 4.87. The first kappa shape index (κ1) is 13.5. The molecule has 0 saturated carbocycles. The maximum absolute atomic E-state index is 12.2. The average Bonchev–Trinajstić information content (AvgIpc) is 2.28. The fourth-order valence-corrected chi connectivity index (χ4v) is 1.36. The van der Waals surface area contributed by atoms with Gasteiger partial charge in [0.1, 0.15) is 0 Å². The number of rotatable bonds is 5. The maximum atomic E-state index is 12.2. The van der Waals surface area contributed by atoms with Crippen molar-refractivity contribution >= 4 is 0 Å². The van der Waals surface area contributed by atoms with Gasteiger partial charge in [-0.05, 0) is 18.5 Å². The molecule has 0 heterocycles. The van der Waals surface area contributed by atoms with E-state index in [1.165, 1.54) is 6.07 Å². The SMILES string of the molecule is N#CC(CNCCc1ccccc1)C(F)(F)F. The number of hydrogen-bond acceptors (Lipinski definition) is 2. The summed E-state index contributed by atoms with van der Waals surface area (Å²) in [6, 6.07) is 10.7. The molecule has 0 amide bonds. The number of nitriles is 1.